The number of ether oxygens (including phenoxy) is 1. The molecule has 1 aliphatic heterocycles. The van der Waals surface area contributed by atoms with E-state index >= 15 is 0 Å². The standard InChI is InChI=1S/C11H21NO2.ClH/c1-8(2)11(12)10(13)6-5-9-4-3-7-14-9;/h8-9,11H,3-7,12H2,1-2H3;1H/t9?,11-;/m1./s1. The molecule has 15 heavy (non-hydrogen) atoms. The summed E-state index contributed by atoms with van der Waals surface area (Å²) in [5, 5.41) is 0. The van der Waals surface area contributed by atoms with E-state index in [9.17, 15) is 4.79 Å². The molecule has 1 rings (SSSR count). The van der Waals surface area contributed by atoms with Crippen LogP contribution in [0.4, 0.5) is 0 Å². The van der Waals surface area contributed by atoms with Gasteiger partial charge in [0.25, 0.3) is 0 Å². The van der Waals surface area contributed by atoms with Gasteiger partial charge in [0.2, 0.25) is 0 Å². The molecule has 90 valence electrons. The maximum atomic E-state index is 11.6. The van der Waals surface area contributed by atoms with E-state index in [0.29, 0.717) is 12.5 Å². The summed E-state index contributed by atoms with van der Waals surface area (Å²) in [7, 11) is 0. The van der Waals surface area contributed by atoms with Crippen molar-refractivity contribution in [3.8, 4) is 0 Å². The Morgan fingerprint density at radius 3 is 2.67 bits per heavy atom. The Bertz CT molecular complexity index is 191. The van der Waals surface area contributed by atoms with Crippen LogP contribution in [0.25, 0.3) is 0 Å². The van der Waals surface area contributed by atoms with Crippen LogP contribution in [0.5, 0.6) is 0 Å². The van der Waals surface area contributed by atoms with Gasteiger partial charge in [0.1, 0.15) is 5.78 Å². The molecule has 1 aliphatic rings. The van der Waals surface area contributed by atoms with Crippen LogP contribution >= 0.6 is 12.4 Å². The highest BCUT2D eigenvalue weighted by atomic mass is 35.5. The van der Waals surface area contributed by atoms with Crippen LogP contribution in [0, 0.1) is 5.92 Å². The lowest BCUT2D eigenvalue weighted by Crippen LogP contribution is -2.35. The van der Waals surface area contributed by atoms with Gasteiger partial charge in [0, 0.05) is 13.0 Å². The number of rotatable bonds is 5. The zero-order chi connectivity index (χ0) is 10.6. The molecule has 0 aromatic rings. The number of carbonyl (C=O) groups excluding carboxylic acids is 1. The molecule has 0 aliphatic carbocycles. The van der Waals surface area contributed by atoms with Crippen molar-refractivity contribution in [2.75, 3.05) is 6.61 Å². The fourth-order valence-electron chi connectivity index (χ4n) is 1.71. The number of nitrogens with two attached hydrogens (primary N) is 1. The van der Waals surface area contributed by atoms with Crippen LogP contribution in [0.3, 0.4) is 0 Å². The van der Waals surface area contributed by atoms with Gasteiger partial charge in [0.15, 0.2) is 0 Å². The first kappa shape index (κ1) is 14.9. The third-order valence-corrected chi connectivity index (χ3v) is 2.83. The molecule has 1 fully saturated rings. The van der Waals surface area contributed by atoms with Crippen molar-refractivity contribution in [2.45, 2.75) is 51.7 Å². The second-order valence-corrected chi connectivity index (χ2v) is 4.41. The van der Waals surface area contributed by atoms with E-state index in [1.165, 1.54) is 0 Å². The first-order valence-electron chi connectivity index (χ1n) is 5.51. The van der Waals surface area contributed by atoms with Crippen LogP contribution in [0.15, 0.2) is 0 Å². The fourth-order valence-corrected chi connectivity index (χ4v) is 1.71. The molecule has 0 radical (unpaired) electrons. The summed E-state index contributed by atoms with van der Waals surface area (Å²) >= 11 is 0. The molecular weight excluding hydrogens is 214 g/mol. The first-order chi connectivity index (χ1) is 6.61. The van der Waals surface area contributed by atoms with Gasteiger partial charge in [-0.3, -0.25) is 4.79 Å². The monoisotopic (exact) mass is 235 g/mol. The summed E-state index contributed by atoms with van der Waals surface area (Å²) in [6, 6.07) is -0.295. The second kappa shape index (κ2) is 7.20. The van der Waals surface area contributed by atoms with Gasteiger partial charge in [-0.1, -0.05) is 13.8 Å². The topological polar surface area (TPSA) is 52.3 Å². The third-order valence-electron chi connectivity index (χ3n) is 2.83. The largest absolute Gasteiger partial charge is 0.378 e. The molecular formula is C11H22ClNO2. The molecule has 4 heteroatoms. The Morgan fingerprint density at radius 2 is 2.20 bits per heavy atom. The van der Waals surface area contributed by atoms with Crippen LogP contribution in [0.1, 0.15) is 39.5 Å². The molecule has 0 saturated carbocycles. The minimum Gasteiger partial charge on any atom is -0.378 e. The van der Waals surface area contributed by atoms with Crippen molar-refractivity contribution >= 4 is 18.2 Å². The summed E-state index contributed by atoms with van der Waals surface area (Å²) in [6.45, 7) is 4.82. The van der Waals surface area contributed by atoms with Crippen LogP contribution in [0.2, 0.25) is 0 Å². The van der Waals surface area contributed by atoms with Crippen LogP contribution in [-0.2, 0) is 9.53 Å². The SMILES string of the molecule is CC(C)[C@@H](N)C(=O)CCC1CCCO1.Cl. The Labute approximate surface area is 98.2 Å². The van der Waals surface area contributed by atoms with E-state index in [4.69, 9.17) is 10.5 Å². The molecule has 1 unspecified atom stereocenters. The van der Waals surface area contributed by atoms with Gasteiger partial charge in [-0.25, -0.2) is 0 Å². The fraction of sp³-hybridized carbons (Fsp3) is 0.909. The van der Waals surface area contributed by atoms with Gasteiger partial charge >= 0.3 is 0 Å². The minimum absolute atomic E-state index is 0. The maximum Gasteiger partial charge on any atom is 0.149 e. The van der Waals surface area contributed by atoms with Crippen molar-refractivity contribution in [3.63, 3.8) is 0 Å². The van der Waals surface area contributed by atoms with E-state index in [-0.39, 0.29) is 30.2 Å². The van der Waals surface area contributed by atoms with E-state index in [1.807, 2.05) is 13.8 Å². The smallest absolute Gasteiger partial charge is 0.149 e. The molecule has 0 bridgehead atoms. The highest BCUT2D eigenvalue weighted by molar-refractivity contribution is 5.85. The Hall–Kier alpha value is -0.120. The molecule has 1 saturated heterocycles. The van der Waals surface area contributed by atoms with E-state index < -0.39 is 0 Å². The summed E-state index contributed by atoms with van der Waals surface area (Å²) < 4.78 is 5.45. The molecule has 0 aromatic carbocycles. The molecule has 0 aromatic heterocycles. The summed E-state index contributed by atoms with van der Waals surface area (Å²) in [5.74, 6) is 0.419. The van der Waals surface area contributed by atoms with Gasteiger partial charge in [-0.15, -0.1) is 12.4 Å². The Kier molecular flexibility index (Phi) is 7.14. The molecule has 0 amide bonds. The lowest BCUT2D eigenvalue weighted by molar-refractivity contribution is -0.121. The lowest BCUT2D eigenvalue weighted by Gasteiger charge is -2.15. The van der Waals surface area contributed by atoms with Crippen molar-refractivity contribution in [1.29, 1.82) is 0 Å². The zero-order valence-corrected chi connectivity index (χ0v) is 10.4. The van der Waals surface area contributed by atoms with Crippen molar-refractivity contribution < 1.29 is 9.53 Å². The Balaban J connectivity index is 0.00000196. The average molecular weight is 236 g/mol. The predicted molar refractivity (Wildman–Crippen MR) is 63.3 cm³/mol. The predicted octanol–water partition coefficient (Wildman–Crippen LogP) is 1.92. The van der Waals surface area contributed by atoms with Gasteiger partial charge in [-0.05, 0) is 25.2 Å². The number of hydrogen-bond donors (Lipinski definition) is 1. The highest BCUT2D eigenvalue weighted by Crippen LogP contribution is 2.17. The van der Waals surface area contributed by atoms with Gasteiger partial charge in [0.05, 0.1) is 12.1 Å². The normalized spacial score (nSPS) is 22.5. The number of ketones is 1. The maximum absolute atomic E-state index is 11.6. The van der Waals surface area contributed by atoms with Crippen LogP contribution in [-0.4, -0.2) is 24.5 Å². The third kappa shape index (κ3) is 4.96. The number of carbonyl (C=O) groups is 1. The van der Waals surface area contributed by atoms with E-state index in [0.717, 1.165) is 25.9 Å². The molecule has 2 atom stereocenters. The average Bonchev–Trinajstić information content (AvgIpc) is 2.65. The number of halogens is 1. The summed E-state index contributed by atoms with van der Waals surface area (Å²) in [5.41, 5.74) is 5.75. The Morgan fingerprint density at radius 1 is 1.53 bits per heavy atom. The van der Waals surface area contributed by atoms with Crippen molar-refractivity contribution in [2.24, 2.45) is 11.7 Å². The van der Waals surface area contributed by atoms with Gasteiger partial charge < -0.3 is 10.5 Å². The van der Waals surface area contributed by atoms with E-state index in [2.05, 4.69) is 0 Å². The highest BCUT2D eigenvalue weighted by Gasteiger charge is 2.20. The molecule has 0 spiro atoms. The second-order valence-electron chi connectivity index (χ2n) is 4.41. The van der Waals surface area contributed by atoms with Gasteiger partial charge in [-0.2, -0.15) is 0 Å². The lowest BCUT2D eigenvalue weighted by atomic mass is 9.96. The summed E-state index contributed by atoms with van der Waals surface area (Å²) in [4.78, 5) is 11.6. The molecule has 1 heterocycles. The number of Topliss-reactive ketones (excluding diaryl/α,β-unsaturated/α-hetero) is 1. The van der Waals surface area contributed by atoms with Crippen molar-refractivity contribution in [1.82, 2.24) is 0 Å². The molecule has 3 nitrogen and oxygen atoms in total. The summed E-state index contributed by atoms with van der Waals surface area (Å²) in [6.07, 6.45) is 3.96. The minimum atomic E-state index is -0.295. The van der Waals surface area contributed by atoms with E-state index in [1.54, 1.807) is 0 Å². The van der Waals surface area contributed by atoms with Crippen LogP contribution < -0.4 is 5.73 Å². The van der Waals surface area contributed by atoms with Crippen molar-refractivity contribution in [3.05, 3.63) is 0 Å². The first-order valence-corrected chi connectivity index (χ1v) is 5.51. The zero-order valence-electron chi connectivity index (χ0n) is 9.57. The molecule has 2 N–H and O–H groups in total. The number of hydrogen-bond acceptors (Lipinski definition) is 3. The quantitative estimate of drug-likeness (QED) is 0.792.